The lowest BCUT2D eigenvalue weighted by Crippen LogP contribution is -2.45. The Kier molecular flexibility index (Phi) is 10.1. The van der Waals surface area contributed by atoms with Crippen molar-refractivity contribution < 1.29 is 28.7 Å². The Labute approximate surface area is 204 Å². The van der Waals surface area contributed by atoms with Gasteiger partial charge in [0.1, 0.15) is 18.2 Å². The molecule has 4 amide bonds. The molecule has 2 aromatic carbocycles. The fourth-order valence-corrected chi connectivity index (χ4v) is 2.86. The molecule has 0 unspecified atom stereocenters. The molecule has 0 aromatic heterocycles. The summed E-state index contributed by atoms with van der Waals surface area (Å²) < 4.78 is 10.7. The van der Waals surface area contributed by atoms with Crippen LogP contribution in [0.4, 0.5) is 15.3 Å². The number of esters is 1. The molecule has 188 valence electrons. The minimum absolute atomic E-state index is 0.0655. The number of amides is 4. The van der Waals surface area contributed by atoms with E-state index < -0.39 is 29.7 Å². The third kappa shape index (κ3) is 10.6. The van der Waals surface area contributed by atoms with E-state index in [0.29, 0.717) is 5.69 Å². The zero-order valence-electron chi connectivity index (χ0n) is 20.3. The van der Waals surface area contributed by atoms with Crippen LogP contribution in [0, 0.1) is 0 Å². The Balaban J connectivity index is 2.00. The molecule has 35 heavy (non-hydrogen) atoms. The van der Waals surface area contributed by atoms with Gasteiger partial charge in [-0.05, 0) is 44.0 Å². The molecular formula is C25H32N4O6. The second-order valence-electron chi connectivity index (χ2n) is 8.67. The maximum absolute atomic E-state index is 12.7. The average Bonchev–Trinajstić information content (AvgIpc) is 2.81. The van der Waals surface area contributed by atoms with Crippen LogP contribution in [-0.2, 0) is 32.1 Å². The molecule has 0 bridgehead atoms. The lowest BCUT2D eigenvalue weighted by atomic mass is 10.1. The Hall–Kier alpha value is -4.08. The van der Waals surface area contributed by atoms with Crippen molar-refractivity contribution in [2.24, 2.45) is 0 Å². The fraction of sp³-hybridized carbons (Fsp3) is 0.360. The number of nitrogens with one attached hydrogen (secondary N) is 4. The number of rotatable bonds is 9. The van der Waals surface area contributed by atoms with E-state index in [1.54, 1.807) is 45.0 Å². The first kappa shape index (κ1) is 27.2. The van der Waals surface area contributed by atoms with Gasteiger partial charge in [-0.25, -0.2) is 14.4 Å². The summed E-state index contributed by atoms with van der Waals surface area (Å²) in [5.74, 6) is -0.914. The molecule has 0 spiro atoms. The number of benzene rings is 2. The molecule has 0 aliphatic heterocycles. The maximum Gasteiger partial charge on any atom is 0.408 e. The van der Waals surface area contributed by atoms with E-state index >= 15 is 0 Å². The van der Waals surface area contributed by atoms with Gasteiger partial charge in [0, 0.05) is 19.2 Å². The first-order valence-electron chi connectivity index (χ1n) is 11.1. The van der Waals surface area contributed by atoms with Crippen molar-refractivity contribution in [1.82, 2.24) is 16.0 Å². The van der Waals surface area contributed by atoms with Gasteiger partial charge in [-0.1, -0.05) is 42.5 Å². The van der Waals surface area contributed by atoms with Crippen LogP contribution < -0.4 is 21.3 Å². The van der Waals surface area contributed by atoms with Gasteiger partial charge in [-0.15, -0.1) is 0 Å². The van der Waals surface area contributed by atoms with Crippen molar-refractivity contribution in [3.05, 3.63) is 65.7 Å². The topological polar surface area (TPSA) is 135 Å². The Morgan fingerprint density at radius 3 is 2.17 bits per heavy atom. The zero-order chi connectivity index (χ0) is 25.8. The largest absolute Gasteiger partial charge is 0.458 e. The summed E-state index contributed by atoms with van der Waals surface area (Å²) in [5, 5.41) is 10.0. The lowest BCUT2D eigenvalue weighted by molar-refractivity contribution is -0.157. The maximum atomic E-state index is 12.7. The Morgan fingerprint density at radius 1 is 0.914 bits per heavy atom. The Morgan fingerprint density at radius 2 is 1.57 bits per heavy atom. The number of carbonyl (C=O) groups excluding carboxylic acids is 4. The van der Waals surface area contributed by atoms with Gasteiger partial charge < -0.3 is 30.7 Å². The third-order valence-electron chi connectivity index (χ3n) is 4.54. The van der Waals surface area contributed by atoms with Crippen molar-refractivity contribution in [2.45, 2.75) is 45.4 Å². The van der Waals surface area contributed by atoms with Crippen LogP contribution in [0.1, 0.15) is 31.9 Å². The fourth-order valence-electron chi connectivity index (χ4n) is 2.86. The molecule has 4 N–H and O–H groups in total. The van der Waals surface area contributed by atoms with Gasteiger partial charge in [-0.3, -0.25) is 4.79 Å². The van der Waals surface area contributed by atoms with Crippen LogP contribution in [0.2, 0.25) is 0 Å². The summed E-state index contributed by atoms with van der Waals surface area (Å²) >= 11 is 0. The summed E-state index contributed by atoms with van der Waals surface area (Å²) in [6.07, 6.45) is -0.589. The first-order chi connectivity index (χ1) is 16.6. The minimum Gasteiger partial charge on any atom is -0.458 e. The van der Waals surface area contributed by atoms with E-state index in [4.69, 9.17) is 9.47 Å². The van der Waals surface area contributed by atoms with E-state index in [2.05, 4.69) is 21.3 Å². The predicted molar refractivity (Wildman–Crippen MR) is 131 cm³/mol. The number of likely N-dealkylation sites (N-methyl/N-ethyl adjacent to an activating group) is 1. The normalized spacial score (nSPS) is 11.5. The summed E-state index contributed by atoms with van der Waals surface area (Å²) in [7, 11) is 1.48. The zero-order valence-corrected chi connectivity index (χ0v) is 20.3. The van der Waals surface area contributed by atoms with Crippen LogP contribution in [0.25, 0.3) is 0 Å². The number of carbonyl (C=O) groups is 4. The van der Waals surface area contributed by atoms with Gasteiger partial charge in [0.2, 0.25) is 5.91 Å². The molecule has 0 saturated carbocycles. The Bertz CT molecular complexity index is 1000. The van der Waals surface area contributed by atoms with Gasteiger partial charge in [0.05, 0.1) is 6.54 Å². The number of alkyl carbamates (subject to hydrolysis) is 1. The van der Waals surface area contributed by atoms with Crippen LogP contribution in [0.15, 0.2) is 54.6 Å². The monoisotopic (exact) mass is 484 g/mol. The highest BCUT2D eigenvalue weighted by Crippen LogP contribution is 2.14. The quantitative estimate of drug-likeness (QED) is 0.404. The molecule has 0 heterocycles. The molecule has 0 aliphatic rings. The molecular weight excluding hydrogens is 452 g/mol. The summed E-state index contributed by atoms with van der Waals surface area (Å²) in [6, 6.07) is 14.4. The highest BCUT2D eigenvalue weighted by Gasteiger charge is 2.27. The van der Waals surface area contributed by atoms with E-state index in [9.17, 15) is 19.2 Å². The van der Waals surface area contributed by atoms with Crippen molar-refractivity contribution in [3.63, 3.8) is 0 Å². The molecule has 0 radical (unpaired) electrons. The number of ether oxygens (including phenoxy) is 2. The minimum atomic E-state index is -0.979. The van der Waals surface area contributed by atoms with Crippen molar-refractivity contribution >= 4 is 29.7 Å². The van der Waals surface area contributed by atoms with Gasteiger partial charge in [0.25, 0.3) is 0 Å². The highest BCUT2D eigenvalue weighted by molar-refractivity contribution is 5.92. The second kappa shape index (κ2) is 13.0. The third-order valence-corrected chi connectivity index (χ3v) is 4.54. The van der Waals surface area contributed by atoms with Crippen LogP contribution in [-0.4, -0.2) is 49.2 Å². The summed E-state index contributed by atoms with van der Waals surface area (Å²) in [6.45, 7) is 5.14. The van der Waals surface area contributed by atoms with Gasteiger partial charge >= 0.3 is 18.1 Å². The highest BCUT2D eigenvalue weighted by atomic mass is 16.6. The molecule has 0 saturated heterocycles. The van der Waals surface area contributed by atoms with Crippen LogP contribution in [0.5, 0.6) is 0 Å². The van der Waals surface area contributed by atoms with Crippen molar-refractivity contribution in [3.8, 4) is 0 Å². The standard InChI is InChI=1S/C25H32N4O6/c1-25(2,3)35-22(31)20(29-24(33)34-16-18-8-6-5-7-9-18)14-17-10-12-19(13-11-17)28-23(32)27-15-21(30)26-4/h5-13,20H,14-16H2,1-4H3,(H,26,30)(H,29,33)(H2,27,28,32)/t20-/m0/s1. The molecule has 0 fully saturated rings. The first-order valence-corrected chi connectivity index (χ1v) is 11.1. The van der Waals surface area contributed by atoms with Crippen molar-refractivity contribution in [2.75, 3.05) is 18.9 Å². The molecule has 10 nitrogen and oxygen atoms in total. The van der Waals surface area contributed by atoms with Gasteiger partial charge in [0.15, 0.2) is 0 Å². The van der Waals surface area contributed by atoms with Crippen LogP contribution in [0.3, 0.4) is 0 Å². The van der Waals surface area contributed by atoms with Crippen molar-refractivity contribution in [1.29, 1.82) is 0 Å². The number of hydrogen-bond donors (Lipinski definition) is 4. The second-order valence-corrected chi connectivity index (χ2v) is 8.67. The van der Waals surface area contributed by atoms with Gasteiger partial charge in [-0.2, -0.15) is 0 Å². The lowest BCUT2D eigenvalue weighted by Gasteiger charge is -2.24. The van der Waals surface area contributed by atoms with E-state index in [-0.39, 0.29) is 25.5 Å². The molecule has 2 aromatic rings. The smallest absolute Gasteiger partial charge is 0.408 e. The van der Waals surface area contributed by atoms with Crippen LogP contribution >= 0.6 is 0 Å². The number of urea groups is 1. The number of hydrogen-bond acceptors (Lipinski definition) is 6. The molecule has 10 heteroatoms. The van der Waals surface area contributed by atoms with E-state index in [1.165, 1.54) is 7.05 Å². The van der Waals surface area contributed by atoms with E-state index in [0.717, 1.165) is 11.1 Å². The molecule has 2 rings (SSSR count). The predicted octanol–water partition coefficient (Wildman–Crippen LogP) is 2.73. The average molecular weight is 485 g/mol. The number of anilines is 1. The molecule has 0 aliphatic carbocycles. The SMILES string of the molecule is CNC(=O)CNC(=O)Nc1ccc(C[C@H](NC(=O)OCc2ccccc2)C(=O)OC(C)(C)C)cc1. The summed E-state index contributed by atoms with van der Waals surface area (Å²) in [5.41, 5.74) is 1.30. The van der Waals surface area contributed by atoms with E-state index in [1.807, 2.05) is 30.3 Å². The summed E-state index contributed by atoms with van der Waals surface area (Å²) in [4.78, 5) is 48.2. The molecule has 1 atom stereocenters.